The van der Waals surface area contributed by atoms with E-state index in [1.165, 1.54) is 42.7 Å². The highest BCUT2D eigenvalue weighted by Gasteiger charge is 2.24. The molecule has 1 aliphatic heterocycles. The number of para-hydroxylation sites is 1. The molecule has 23 heavy (non-hydrogen) atoms. The zero-order valence-corrected chi connectivity index (χ0v) is 15.0. The van der Waals surface area contributed by atoms with E-state index in [1.807, 2.05) is 11.3 Å². The van der Waals surface area contributed by atoms with Gasteiger partial charge in [-0.25, -0.2) is 0 Å². The molecule has 1 aromatic carbocycles. The van der Waals surface area contributed by atoms with Crippen LogP contribution in [0.2, 0.25) is 0 Å². The second-order valence-electron chi connectivity index (χ2n) is 6.63. The molecule has 0 spiro atoms. The summed E-state index contributed by atoms with van der Waals surface area (Å²) in [6.45, 7) is 6.35. The lowest BCUT2D eigenvalue weighted by Gasteiger charge is -2.30. The molecule has 2 aromatic rings. The molecule has 1 atom stereocenters. The molecule has 2 nitrogen and oxygen atoms in total. The summed E-state index contributed by atoms with van der Waals surface area (Å²) in [5, 5.41) is 2.20. The van der Waals surface area contributed by atoms with Crippen molar-refractivity contribution in [2.24, 2.45) is 0 Å². The average molecular weight is 330 g/mol. The largest absolute Gasteiger partial charge is 0.491 e. The number of ether oxygens (including phenoxy) is 1. The normalized spacial score (nSPS) is 19.7. The summed E-state index contributed by atoms with van der Waals surface area (Å²) in [4.78, 5) is 4.16. The first-order valence-corrected chi connectivity index (χ1v) is 9.64. The molecule has 1 unspecified atom stereocenters. The fourth-order valence-corrected chi connectivity index (χ4v) is 4.28. The van der Waals surface area contributed by atoms with E-state index in [-0.39, 0.29) is 6.10 Å². The highest BCUT2D eigenvalue weighted by Crippen LogP contribution is 2.35. The third kappa shape index (κ3) is 4.36. The van der Waals surface area contributed by atoms with Crippen LogP contribution in [0.15, 0.2) is 41.8 Å². The maximum Gasteiger partial charge on any atom is 0.124 e. The molecule has 3 heteroatoms. The number of thiophene rings is 1. The van der Waals surface area contributed by atoms with Gasteiger partial charge >= 0.3 is 0 Å². The molecule has 1 aliphatic rings. The van der Waals surface area contributed by atoms with Crippen LogP contribution in [0.5, 0.6) is 5.75 Å². The molecule has 3 rings (SSSR count). The Morgan fingerprint density at radius 3 is 2.78 bits per heavy atom. The lowest BCUT2D eigenvalue weighted by Crippen LogP contribution is -2.28. The highest BCUT2D eigenvalue weighted by molar-refractivity contribution is 7.10. The van der Waals surface area contributed by atoms with Crippen LogP contribution in [0.25, 0.3) is 0 Å². The van der Waals surface area contributed by atoms with Gasteiger partial charge in [-0.2, -0.15) is 0 Å². The maximum atomic E-state index is 6.02. The number of hydrogen-bond acceptors (Lipinski definition) is 3. The van der Waals surface area contributed by atoms with Crippen LogP contribution in [0.3, 0.4) is 0 Å². The molecule has 0 aliphatic carbocycles. The fourth-order valence-electron chi connectivity index (χ4n) is 3.38. The summed E-state index contributed by atoms with van der Waals surface area (Å²) < 4.78 is 6.02. The monoisotopic (exact) mass is 329 g/mol. The first-order chi connectivity index (χ1) is 11.2. The molecule has 0 saturated carbocycles. The molecule has 2 heterocycles. The lowest BCUT2D eigenvalue weighted by atomic mass is 10.1. The lowest BCUT2D eigenvalue weighted by molar-refractivity contribution is 0.186. The zero-order chi connectivity index (χ0) is 16.1. The summed E-state index contributed by atoms with van der Waals surface area (Å²) in [6.07, 6.45) is 5.47. The summed E-state index contributed by atoms with van der Waals surface area (Å²) in [5.41, 5.74) is 1.31. The van der Waals surface area contributed by atoms with Crippen molar-refractivity contribution >= 4 is 11.3 Å². The van der Waals surface area contributed by atoms with E-state index in [9.17, 15) is 0 Å². The first-order valence-electron chi connectivity index (χ1n) is 8.76. The van der Waals surface area contributed by atoms with Crippen LogP contribution >= 0.6 is 11.3 Å². The Kier molecular flexibility index (Phi) is 5.74. The molecular formula is C20H27NOS. The number of likely N-dealkylation sites (tertiary alicyclic amines) is 1. The fraction of sp³-hybridized carbons (Fsp3) is 0.500. The number of nitrogens with zero attached hydrogens (tertiary/aromatic N) is 1. The predicted octanol–water partition coefficient (Wildman–Crippen LogP) is 5.65. The molecule has 0 N–H and O–H groups in total. The van der Waals surface area contributed by atoms with Crippen molar-refractivity contribution in [2.75, 3.05) is 6.54 Å². The van der Waals surface area contributed by atoms with Gasteiger partial charge in [0.25, 0.3) is 0 Å². The van der Waals surface area contributed by atoms with Crippen molar-refractivity contribution in [3.8, 4) is 5.75 Å². The minimum Gasteiger partial charge on any atom is -0.491 e. The van der Waals surface area contributed by atoms with Crippen molar-refractivity contribution in [2.45, 2.75) is 58.2 Å². The minimum absolute atomic E-state index is 0.216. The summed E-state index contributed by atoms with van der Waals surface area (Å²) in [5.74, 6) is 1.04. The zero-order valence-electron chi connectivity index (χ0n) is 14.2. The van der Waals surface area contributed by atoms with Crippen LogP contribution in [-0.4, -0.2) is 17.5 Å². The summed E-state index contributed by atoms with van der Waals surface area (Å²) >= 11 is 1.89. The van der Waals surface area contributed by atoms with E-state index >= 15 is 0 Å². The van der Waals surface area contributed by atoms with E-state index in [4.69, 9.17) is 4.74 Å². The molecule has 1 aromatic heterocycles. The molecule has 0 radical (unpaired) electrons. The topological polar surface area (TPSA) is 12.5 Å². The number of rotatable bonds is 5. The molecule has 0 amide bonds. The van der Waals surface area contributed by atoms with Gasteiger partial charge in [-0.05, 0) is 50.7 Å². The van der Waals surface area contributed by atoms with Gasteiger partial charge in [-0.15, -0.1) is 11.3 Å². The van der Waals surface area contributed by atoms with Gasteiger partial charge in [-0.1, -0.05) is 37.1 Å². The maximum absolute atomic E-state index is 6.02. The van der Waals surface area contributed by atoms with Gasteiger partial charge in [0, 0.05) is 23.0 Å². The minimum atomic E-state index is 0.216. The Bertz CT molecular complexity index is 593. The smallest absolute Gasteiger partial charge is 0.124 e. The van der Waals surface area contributed by atoms with Gasteiger partial charge in [-0.3, -0.25) is 4.90 Å². The third-order valence-corrected chi connectivity index (χ3v) is 5.42. The van der Waals surface area contributed by atoms with E-state index < -0.39 is 0 Å². The van der Waals surface area contributed by atoms with Crippen molar-refractivity contribution in [1.29, 1.82) is 0 Å². The Morgan fingerprint density at radius 1 is 1.13 bits per heavy atom. The first kappa shape index (κ1) is 16.5. The second-order valence-corrected chi connectivity index (χ2v) is 7.60. The van der Waals surface area contributed by atoms with Gasteiger partial charge in [0.05, 0.1) is 6.10 Å². The van der Waals surface area contributed by atoms with E-state index in [2.05, 4.69) is 60.5 Å². The molecule has 0 bridgehead atoms. The molecule has 1 fully saturated rings. The van der Waals surface area contributed by atoms with Crippen LogP contribution in [0.1, 0.15) is 56.0 Å². The Hall–Kier alpha value is -1.32. The molecular weight excluding hydrogens is 302 g/mol. The van der Waals surface area contributed by atoms with E-state index in [0.29, 0.717) is 6.04 Å². The van der Waals surface area contributed by atoms with Crippen molar-refractivity contribution < 1.29 is 4.74 Å². The molecule has 124 valence electrons. The molecule has 1 saturated heterocycles. The van der Waals surface area contributed by atoms with Crippen molar-refractivity contribution in [3.63, 3.8) is 0 Å². The van der Waals surface area contributed by atoms with Gasteiger partial charge in [0.2, 0.25) is 0 Å². The average Bonchev–Trinajstić information content (AvgIpc) is 2.96. The van der Waals surface area contributed by atoms with Gasteiger partial charge < -0.3 is 4.74 Å². The van der Waals surface area contributed by atoms with E-state index in [0.717, 1.165) is 12.3 Å². The van der Waals surface area contributed by atoms with Crippen LogP contribution in [0.4, 0.5) is 0 Å². The number of benzene rings is 1. The third-order valence-electron chi connectivity index (χ3n) is 4.44. The van der Waals surface area contributed by atoms with Gasteiger partial charge in [0.1, 0.15) is 5.75 Å². The number of hydrogen-bond donors (Lipinski definition) is 0. The second kappa shape index (κ2) is 7.98. The van der Waals surface area contributed by atoms with Crippen LogP contribution in [-0.2, 0) is 6.54 Å². The summed E-state index contributed by atoms with van der Waals surface area (Å²) in [7, 11) is 0. The Labute approximate surface area is 144 Å². The summed E-state index contributed by atoms with van der Waals surface area (Å²) in [6, 6.07) is 13.6. The SMILES string of the molecule is CC(C)Oc1ccccc1CN1CCCCCC1c1cccs1. The van der Waals surface area contributed by atoms with Gasteiger partial charge in [0.15, 0.2) is 0 Å². The van der Waals surface area contributed by atoms with E-state index in [1.54, 1.807) is 0 Å². The van der Waals surface area contributed by atoms with Crippen molar-refractivity contribution in [3.05, 3.63) is 52.2 Å². The van der Waals surface area contributed by atoms with Crippen LogP contribution < -0.4 is 4.74 Å². The highest BCUT2D eigenvalue weighted by atomic mass is 32.1. The standard InChI is InChI=1S/C20H27NOS/c1-16(2)22-19-11-6-5-9-17(19)15-21-13-7-3-4-10-18(21)20-12-8-14-23-20/h5-6,8-9,11-12,14,16,18H,3-4,7,10,13,15H2,1-2H3. The predicted molar refractivity (Wildman–Crippen MR) is 98.1 cm³/mol. The van der Waals surface area contributed by atoms with Crippen molar-refractivity contribution in [1.82, 2.24) is 4.90 Å². The van der Waals surface area contributed by atoms with Crippen LogP contribution in [0, 0.1) is 0 Å². The quantitative estimate of drug-likeness (QED) is 0.702. The Balaban J connectivity index is 1.81. The Morgan fingerprint density at radius 2 is 2.00 bits per heavy atom.